The minimum atomic E-state index is -4.92. The third kappa shape index (κ3) is 4.78. The number of carbonyl (C=O) groups is 1. The zero-order chi connectivity index (χ0) is 18.0. The minimum Gasteiger partial charge on any atom is -0.445 e. The molecule has 1 heterocycles. The predicted octanol–water partition coefficient (Wildman–Crippen LogP) is 4.85. The van der Waals surface area contributed by atoms with Crippen LogP contribution in [0.4, 0.5) is 31.1 Å². The molecule has 1 saturated heterocycles. The molecule has 3 nitrogen and oxygen atoms in total. The Balaban J connectivity index is 2.15. The number of alkyl halides is 6. The normalized spacial score (nSPS) is 16.2. The molecule has 0 bridgehead atoms. The molecule has 0 aliphatic carbocycles. The molecule has 0 spiro atoms. The summed E-state index contributed by atoms with van der Waals surface area (Å²) in [5.41, 5.74) is -3.22. The quantitative estimate of drug-likeness (QED) is 0.710. The van der Waals surface area contributed by atoms with Crippen molar-refractivity contribution in [1.29, 1.82) is 0 Å². The van der Waals surface area contributed by atoms with Crippen LogP contribution in [0.25, 0.3) is 0 Å². The summed E-state index contributed by atoms with van der Waals surface area (Å²) < 4.78 is 81.3. The largest absolute Gasteiger partial charge is 0.445 e. The first-order valence-electron chi connectivity index (χ1n) is 7.27. The monoisotopic (exact) mass is 355 g/mol. The van der Waals surface area contributed by atoms with Gasteiger partial charge >= 0.3 is 18.4 Å². The molecule has 0 aromatic heterocycles. The maximum Gasteiger partial charge on any atom is 0.416 e. The molecule has 1 aliphatic heterocycles. The van der Waals surface area contributed by atoms with Gasteiger partial charge in [0.25, 0.3) is 0 Å². The van der Waals surface area contributed by atoms with Crippen LogP contribution in [0.2, 0.25) is 0 Å². The van der Waals surface area contributed by atoms with Crippen LogP contribution >= 0.6 is 0 Å². The highest BCUT2D eigenvalue weighted by Gasteiger charge is 2.37. The van der Waals surface area contributed by atoms with Crippen LogP contribution in [-0.4, -0.2) is 24.1 Å². The second-order valence-electron chi connectivity index (χ2n) is 5.52. The van der Waals surface area contributed by atoms with Gasteiger partial charge in [-0.15, -0.1) is 0 Å². The first-order valence-corrected chi connectivity index (χ1v) is 7.27. The summed E-state index contributed by atoms with van der Waals surface area (Å²) in [7, 11) is 0. The maximum atomic E-state index is 12.7. The zero-order valence-corrected chi connectivity index (χ0v) is 12.5. The summed E-state index contributed by atoms with van der Waals surface area (Å²) in [6.07, 6.45) is -8.04. The van der Waals surface area contributed by atoms with E-state index in [0.717, 1.165) is 19.3 Å². The Hall–Kier alpha value is -1.93. The fraction of sp³-hybridized carbons (Fsp3) is 0.533. The van der Waals surface area contributed by atoms with Gasteiger partial charge in [0.2, 0.25) is 0 Å². The van der Waals surface area contributed by atoms with Crippen molar-refractivity contribution in [3.05, 3.63) is 34.9 Å². The molecule has 134 valence electrons. The molecule has 0 saturated carbocycles. The van der Waals surface area contributed by atoms with Crippen molar-refractivity contribution in [2.45, 2.75) is 38.2 Å². The fourth-order valence-electron chi connectivity index (χ4n) is 2.42. The van der Waals surface area contributed by atoms with E-state index in [1.54, 1.807) is 0 Å². The number of rotatable bonds is 2. The van der Waals surface area contributed by atoms with Crippen molar-refractivity contribution < 1.29 is 35.9 Å². The van der Waals surface area contributed by atoms with E-state index in [2.05, 4.69) is 0 Å². The summed E-state index contributed by atoms with van der Waals surface area (Å²) in [5, 5.41) is 0. The van der Waals surface area contributed by atoms with Crippen LogP contribution in [0.3, 0.4) is 0 Å². The number of ether oxygens (including phenoxy) is 1. The summed E-state index contributed by atoms with van der Waals surface area (Å²) in [4.78, 5) is 13.2. The Morgan fingerprint density at radius 1 is 0.917 bits per heavy atom. The fourth-order valence-corrected chi connectivity index (χ4v) is 2.42. The molecule has 0 N–H and O–H groups in total. The first kappa shape index (κ1) is 18.4. The molecule has 0 radical (unpaired) electrons. The second-order valence-corrected chi connectivity index (χ2v) is 5.52. The SMILES string of the molecule is O=C(OCc1cc(C(F)(F)F)cc(C(F)(F)F)c1)N1CCCCC1. The molecule has 2 rings (SSSR count). The Labute approximate surface area is 134 Å². The predicted molar refractivity (Wildman–Crippen MR) is 72.1 cm³/mol. The van der Waals surface area contributed by atoms with E-state index in [9.17, 15) is 31.1 Å². The van der Waals surface area contributed by atoms with Gasteiger partial charge in [-0.3, -0.25) is 0 Å². The van der Waals surface area contributed by atoms with Gasteiger partial charge in [0, 0.05) is 13.1 Å². The van der Waals surface area contributed by atoms with Gasteiger partial charge in [-0.2, -0.15) is 26.3 Å². The second kappa shape index (κ2) is 6.90. The third-order valence-electron chi connectivity index (χ3n) is 3.62. The van der Waals surface area contributed by atoms with Gasteiger partial charge in [-0.05, 0) is 43.0 Å². The average Bonchev–Trinajstić information content (AvgIpc) is 2.51. The number of hydrogen-bond acceptors (Lipinski definition) is 2. The van der Waals surface area contributed by atoms with Gasteiger partial charge in [0.15, 0.2) is 0 Å². The Morgan fingerprint density at radius 3 is 1.88 bits per heavy atom. The van der Waals surface area contributed by atoms with E-state index in [1.807, 2.05) is 0 Å². The van der Waals surface area contributed by atoms with E-state index in [4.69, 9.17) is 4.74 Å². The summed E-state index contributed by atoms with van der Waals surface area (Å²) in [5.74, 6) is 0. The molecule has 1 aromatic rings. The number of piperidine rings is 1. The lowest BCUT2D eigenvalue weighted by Crippen LogP contribution is -2.35. The number of nitrogens with zero attached hydrogens (tertiary/aromatic N) is 1. The molecule has 1 amide bonds. The Kier molecular flexibility index (Phi) is 5.29. The number of likely N-dealkylation sites (tertiary alicyclic amines) is 1. The first-order chi connectivity index (χ1) is 11.1. The number of hydrogen-bond donors (Lipinski definition) is 0. The number of carbonyl (C=O) groups excluding carboxylic acids is 1. The van der Waals surface area contributed by atoms with E-state index in [-0.39, 0.29) is 11.6 Å². The third-order valence-corrected chi connectivity index (χ3v) is 3.62. The summed E-state index contributed by atoms with van der Waals surface area (Å²) >= 11 is 0. The van der Waals surface area contributed by atoms with E-state index >= 15 is 0 Å². The lowest BCUT2D eigenvalue weighted by Gasteiger charge is -2.25. The molecule has 9 heteroatoms. The molecule has 1 aliphatic rings. The van der Waals surface area contributed by atoms with Crippen molar-refractivity contribution in [2.75, 3.05) is 13.1 Å². The van der Waals surface area contributed by atoms with Crippen LogP contribution in [0.15, 0.2) is 18.2 Å². The number of halogens is 6. The Morgan fingerprint density at radius 2 is 1.42 bits per heavy atom. The molecular formula is C15H15F6NO2. The minimum absolute atomic E-state index is 0.0377. The topological polar surface area (TPSA) is 29.5 Å². The van der Waals surface area contributed by atoms with Gasteiger partial charge in [0.1, 0.15) is 6.61 Å². The standard InChI is InChI=1S/C15H15F6NO2/c16-14(17,18)11-6-10(7-12(8-11)15(19,20)21)9-24-13(23)22-4-2-1-3-5-22/h6-8H,1-5,9H2. The summed E-state index contributed by atoms with van der Waals surface area (Å²) in [6, 6.07) is 1.15. The van der Waals surface area contributed by atoms with Crippen LogP contribution in [0, 0.1) is 0 Å². The van der Waals surface area contributed by atoms with E-state index in [1.165, 1.54) is 4.90 Å². The van der Waals surface area contributed by atoms with Gasteiger partial charge < -0.3 is 9.64 Å². The Bertz CT molecular complexity index is 558. The van der Waals surface area contributed by atoms with Gasteiger partial charge in [-0.25, -0.2) is 4.79 Å². The molecule has 24 heavy (non-hydrogen) atoms. The maximum absolute atomic E-state index is 12.7. The van der Waals surface area contributed by atoms with Crippen molar-refractivity contribution >= 4 is 6.09 Å². The van der Waals surface area contributed by atoms with Crippen LogP contribution in [-0.2, 0) is 23.7 Å². The number of benzene rings is 1. The van der Waals surface area contributed by atoms with Crippen molar-refractivity contribution in [3.8, 4) is 0 Å². The van der Waals surface area contributed by atoms with Crippen molar-refractivity contribution in [2.24, 2.45) is 0 Å². The van der Waals surface area contributed by atoms with Crippen LogP contribution < -0.4 is 0 Å². The van der Waals surface area contributed by atoms with E-state index < -0.39 is 36.2 Å². The van der Waals surface area contributed by atoms with Gasteiger partial charge in [-0.1, -0.05) is 0 Å². The lowest BCUT2D eigenvalue weighted by molar-refractivity contribution is -0.143. The van der Waals surface area contributed by atoms with Gasteiger partial charge in [0.05, 0.1) is 11.1 Å². The molecule has 0 unspecified atom stereocenters. The van der Waals surface area contributed by atoms with Crippen LogP contribution in [0.1, 0.15) is 36.0 Å². The highest BCUT2D eigenvalue weighted by molar-refractivity contribution is 5.67. The zero-order valence-electron chi connectivity index (χ0n) is 12.5. The van der Waals surface area contributed by atoms with Crippen molar-refractivity contribution in [1.82, 2.24) is 4.90 Å². The molecule has 1 aromatic carbocycles. The molecule has 1 fully saturated rings. The average molecular weight is 355 g/mol. The molecular weight excluding hydrogens is 340 g/mol. The lowest BCUT2D eigenvalue weighted by atomic mass is 10.1. The van der Waals surface area contributed by atoms with Crippen molar-refractivity contribution in [3.63, 3.8) is 0 Å². The highest BCUT2D eigenvalue weighted by Crippen LogP contribution is 2.36. The van der Waals surface area contributed by atoms with E-state index in [0.29, 0.717) is 25.2 Å². The molecule has 0 atom stereocenters. The smallest absolute Gasteiger partial charge is 0.416 e. The summed E-state index contributed by atoms with van der Waals surface area (Å²) in [6.45, 7) is 0.285. The van der Waals surface area contributed by atoms with Crippen LogP contribution in [0.5, 0.6) is 0 Å². The number of amides is 1. The highest BCUT2D eigenvalue weighted by atomic mass is 19.4.